The van der Waals surface area contributed by atoms with Crippen LogP contribution in [0.25, 0.3) is 0 Å². The lowest BCUT2D eigenvalue weighted by Gasteiger charge is -2.28. The summed E-state index contributed by atoms with van der Waals surface area (Å²) in [5.41, 5.74) is 2.96. The molecule has 0 spiro atoms. The molecule has 0 bridgehead atoms. The summed E-state index contributed by atoms with van der Waals surface area (Å²) in [6.07, 6.45) is 5.47. The van der Waals surface area contributed by atoms with Gasteiger partial charge in [0, 0.05) is 51.4 Å². The van der Waals surface area contributed by atoms with Gasteiger partial charge in [0.1, 0.15) is 6.54 Å². The van der Waals surface area contributed by atoms with E-state index in [1.807, 2.05) is 59.1 Å². The average Bonchev–Trinajstić information content (AvgIpc) is 3.20. The predicted octanol–water partition coefficient (Wildman–Crippen LogP) is 4.29. The number of benzene rings is 1. The highest BCUT2D eigenvalue weighted by molar-refractivity contribution is 5.92. The first-order chi connectivity index (χ1) is 15.5. The number of anilines is 1. The zero-order chi connectivity index (χ0) is 23.3. The third-order valence-electron chi connectivity index (χ3n) is 5.51. The molecule has 176 valence electrons. The highest BCUT2D eigenvalue weighted by Gasteiger charge is 2.22. The molecular formula is C25H38N4O3. The van der Waals surface area contributed by atoms with E-state index < -0.39 is 0 Å². The van der Waals surface area contributed by atoms with E-state index in [9.17, 15) is 9.59 Å². The van der Waals surface area contributed by atoms with E-state index >= 15 is 0 Å². The number of rotatable bonds is 13. The molecule has 7 nitrogen and oxygen atoms in total. The molecule has 0 unspecified atom stereocenters. The van der Waals surface area contributed by atoms with Crippen LogP contribution in [0.15, 0.2) is 42.6 Å². The van der Waals surface area contributed by atoms with Gasteiger partial charge in [-0.3, -0.25) is 4.79 Å². The van der Waals surface area contributed by atoms with Gasteiger partial charge in [-0.25, -0.2) is 4.79 Å². The van der Waals surface area contributed by atoms with Crippen LogP contribution >= 0.6 is 0 Å². The van der Waals surface area contributed by atoms with Gasteiger partial charge in [0.05, 0.1) is 6.54 Å². The summed E-state index contributed by atoms with van der Waals surface area (Å²) in [5, 5.41) is 2.96. The molecule has 0 atom stereocenters. The Morgan fingerprint density at radius 2 is 1.84 bits per heavy atom. The SMILES string of the molecule is CCCCN(Cc1cccn1C)C(=O)CN(CCCOC)C(=O)Nc1cccc(CC)c1. The van der Waals surface area contributed by atoms with Crippen LogP contribution in [0.1, 0.15) is 44.4 Å². The molecule has 2 aromatic rings. The van der Waals surface area contributed by atoms with Crippen LogP contribution in [0.3, 0.4) is 0 Å². The average molecular weight is 443 g/mol. The van der Waals surface area contributed by atoms with Gasteiger partial charge in [-0.2, -0.15) is 0 Å². The predicted molar refractivity (Wildman–Crippen MR) is 129 cm³/mol. The molecule has 2 rings (SSSR count). The molecule has 1 aromatic heterocycles. The first-order valence-corrected chi connectivity index (χ1v) is 11.5. The molecule has 0 aliphatic carbocycles. The second-order valence-corrected chi connectivity index (χ2v) is 8.03. The quantitative estimate of drug-likeness (QED) is 0.471. The molecule has 1 heterocycles. The molecule has 0 radical (unpaired) electrons. The topological polar surface area (TPSA) is 66.8 Å². The Kier molecular flexibility index (Phi) is 10.8. The van der Waals surface area contributed by atoms with Crippen molar-refractivity contribution < 1.29 is 14.3 Å². The van der Waals surface area contributed by atoms with Gasteiger partial charge in [-0.15, -0.1) is 0 Å². The number of amides is 3. The zero-order valence-corrected chi connectivity index (χ0v) is 20.0. The monoisotopic (exact) mass is 442 g/mol. The number of carbonyl (C=O) groups excluding carboxylic acids is 2. The number of hydrogen-bond acceptors (Lipinski definition) is 3. The first kappa shape index (κ1) is 25.5. The molecule has 1 aromatic carbocycles. The summed E-state index contributed by atoms with van der Waals surface area (Å²) in [6, 6.07) is 11.5. The largest absolute Gasteiger partial charge is 0.385 e. The normalized spacial score (nSPS) is 10.8. The molecule has 3 amide bonds. The number of carbonyl (C=O) groups is 2. The standard InChI is InChI=1S/C25H38N4O3/c1-5-7-15-28(19-23-13-9-14-27(23)3)24(30)20-29(16-10-17-32-4)25(31)26-22-12-8-11-21(6-2)18-22/h8-9,11-14,18H,5-7,10,15-17,19-20H2,1-4H3,(H,26,31). The maximum Gasteiger partial charge on any atom is 0.322 e. The van der Waals surface area contributed by atoms with Crippen LogP contribution in [0.4, 0.5) is 10.5 Å². The van der Waals surface area contributed by atoms with Crippen LogP contribution in [-0.4, -0.2) is 59.7 Å². The lowest BCUT2D eigenvalue weighted by molar-refractivity contribution is -0.132. The number of aryl methyl sites for hydroxylation is 2. The Hall–Kier alpha value is -2.80. The van der Waals surface area contributed by atoms with Crippen molar-refractivity contribution in [2.45, 2.75) is 46.1 Å². The zero-order valence-electron chi connectivity index (χ0n) is 20.0. The lowest BCUT2D eigenvalue weighted by atomic mass is 10.1. The molecule has 0 fully saturated rings. The molecule has 1 N–H and O–H groups in total. The van der Waals surface area contributed by atoms with Gasteiger partial charge < -0.3 is 24.4 Å². The van der Waals surface area contributed by atoms with Crippen molar-refractivity contribution >= 4 is 17.6 Å². The van der Waals surface area contributed by atoms with E-state index in [0.29, 0.717) is 32.7 Å². The molecule has 0 saturated heterocycles. The summed E-state index contributed by atoms with van der Waals surface area (Å²) in [6.45, 7) is 6.42. The fourth-order valence-corrected chi connectivity index (χ4v) is 3.48. The lowest BCUT2D eigenvalue weighted by Crippen LogP contribution is -2.45. The maximum atomic E-state index is 13.3. The van der Waals surface area contributed by atoms with Crippen molar-refractivity contribution in [3.63, 3.8) is 0 Å². The molecule has 0 aliphatic rings. The van der Waals surface area contributed by atoms with Crippen LogP contribution in [-0.2, 0) is 29.5 Å². The Balaban J connectivity index is 2.11. The Morgan fingerprint density at radius 1 is 1.06 bits per heavy atom. The van der Waals surface area contributed by atoms with Gasteiger partial charge in [0.15, 0.2) is 0 Å². The van der Waals surface area contributed by atoms with Crippen molar-refractivity contribution in [2.24, 2.45) is 7.05 Å². The Morgan fingerprint density at radius 3 is 2.50 bits per heavy atom. The highest BCUT2D eigenvalue weighted by Crippen LogP contribution is 2.13. The van der Waals surface area contributed by atoms with Crippen molar-refractivity contribution in [2.75, 3.05) is 38.7 Å². The number of methoxy groups -OCH3 is 1. The minimum atomic E-state index is -0.267. The number of unbranched alkanes of at least 4 members (excludes halogenated alkanes) is 1. The van der Waals surface area contributed by atoms with Crippen LogP contribution in [0.5, 0.6) is 0 Å². The number of aromatic nitrogens is 1. The summed E-state index contributed by atoms with van der Waals surface area (Å²) in [4.78, 5) is 29.7. The minimum absolute atomic E-state index is 0.0388. The van der Waals surface area contributed by atoms with E-state index in [4.69, 9.17) is 4.74 Å². The van der Waals surface area contributed by atoms with Crippen LogP contribution in [0.2, 0.25) is 0 Å². The van der Waals surface area contributed by atoms with Gasteiger partial charge in [0.25, 0.3) is 0 Å². The Labute approximate surface area is 192 Å². The number of hydrogen-bond donors (Lipinski definition) is 1. The number of ether oxygens (including phenoxy) is 1. The van der Waals surface area contributed by atoms with Gasteiger partial charge in [0.2, 0.25) is 5.91 Å². The van der Waals surface area contributed by atoms with Gasteiger partial charge >= 0.3 is 6.03 Å². The van der Waals surface area contributed by atoms with Crippen molar-refractivity contribution in [1.82, 2.24) is 14.4 Å². The number of urea groups is 1. The highest BCUT2D eigenvalue weighted by atomic mass is 16.5. The molecule has 7 heteroatoms. The summed E-state index contributed by atoms with van der Waals surface area (Å²) < 4.78 is 7.18. The minimum Gasteiger partial charge on any atom is -0.385 e. The van der Waals surface area contributed by atoms with E-state index in [2.05, 4.69) is 19.2 Å². The van der Waals surface area contributed by atoms with E-state index in [-0.39, 0.29) is 18.5 Å². The molecule has 0 aliphatic heterocycles. The van der Waals surface area contributed by atoms with Crippen molar-refractivity contribution in [1.29, 1.82) is 0 Å². The summed E-state index contributed by atoms with van der Waals surface area (Å²) in [5.74, 6) is -0.0467. The van der Waals surface area contributed by atoms with Crippen molar-refractivity contribution in [3.05, 3.63) is 53.9 Å². The number of nitrogens with zero attached hydrogens (tertiary/aromatic N) is 3. The Bertz CT molecular complexity index is 849. The third kappa shape index (κ3) is 8.04. The fourth-order valence-electron chi connectivity index (χ4n) is 3.48. The van der Waals surface area contributed by atoms with E-state index in [1.54, 1.807) is 12.0 Å². The summed E-state index contributed by atoms with van der Waals surface area (Å²) >= 11 is 0. The second kappa shape index (κ2) is 13.6. The molecule has 0 saturated carbocycles. The molecule has 32 heavy (non-hydrogen) atoms. The van der Waals surface area contributed by atoms with Crippen molar-refractivity contribution in [3.8, 4) is 0 Å². The maximum absolute atomic E-state index is 13.3. The van der Waals surface area contributed by atoms with Gasteiger partial charge in [-0.05, 0) is 49.1 Å². The second-order valence-electron chi connectivity index (χ2n) is 8.03. The van der Waals surface area contributed by atoms with Gasteiger partial charge in [-0.1, -0.05) is 32.4 Å². The van der Waals surface area contributed by atoms with Crippen LogP contribution in [0, 0.1) is 0 Å². The van der Waals surface area contributed by atoms with E-state index in [0.717, 1.165) is 36.2 Å². The smallest absolute Gasteiger partial charge is 0.322 e. The first-order valence-electron chi connectivity index (χ1n) is 11.5. The fraction of sp³-hybridized carbons (Fsp3) is 0.520. The summed E-state index contributed by atoms with van der Waals surface area (Å²) in [7, 11) is 3.62. The third-order valence-corrected chi connectivity index (χ3v) is 5.51. The van der Waals surface area contributed by atoms with Crippen LogP contribution < -0.4 is 5.32 Å². The number of nitrogens with one attached hydrogen (secondary N) is 1. The molecular weight excluding hydrogens is 404 g/mol. The van der Waals surface area contributed by atoms with E-state index in [1.165, 1.54) is 0 Å².